The lowest BCUT2D eigenvalue weighted by Gasteiger charge is -2.35. The first-order valence-corrected chi connectivity index (χ1v) is 7.41. The molecule has 0 aromatic rings. The Morgan fingerprint density at radius 2 is 1.50 bits per heavy atom. The van der Waals surface area contributed by atoms with Gasteiger partial charge < -0.3 is 14.4 Å². The van der Waals surface area contributed by atoms with Crippen molar-refractivity contribution in [1.82, 2.24) is 0 Å². The van der Waals surface area contributed by atoms with E-state index in [9.17, 15) is 9.90 Å². The third kappa shape index (κ3) is 2.31. The van der Waals surface area contributed by atoms with Crippen LogP contribution in [-0.4, -0.2) is 29.4 Å². The first-order chi connectivity index (χ1) is 9.12. The van der Waals surface area contributed by atoms with Gasteiger partial charge in [0.05, 0.1) is 16.6 Å². The van der Waals surface area contributed by atoms with Gasteiger partial charge in [-0.15, -0.1) is 6.58 Å². The Hall–Kier alpha value is -0.805. The number of hydrogen-bond acceptors (Lipinski definition) is 3. The van der Waals surface area contributed by atoms with E-state index in [0.29, 0.717) is 18.3 Å². The molecule has 2 fully saturated rings. The van der Waals surface area contributed by atoms with Crippen LogP contribution < -0.4 is 0 Å². The van der Waals surface area contributed by atoms with Crippen molar-refractivity contribution >= 4 is 13.1 Å². The van der Waals surface area contributed by atoms with Gasteiger partial charge in [0.2, 0.25) is 0 Å². The van der Waals surface area contributed by atoms with Crippen LogP contribution in [0.3, 0.4) is 0 Å². The summed E-state index contributed by atoms with van der Waals surface area (Å²) in [7, 11) is -0.630. The van der Waals surface area contributed by atoms with Crippen LogP contribution in [0, 0.1) is 5.41 Å². The number of hydrogen-bond donors (Lipinski definition) is 1. The SMILES string of the molecule is C=C(B1OC(C)(C)C(C)(C)O1)C1(C(=O)O)CCCCC1. The summed E-state index contributed by atoms with van der Waals surface area (Å²) in [5.41, 5.74) is -1.24. The fourth-order valence-electron chi connectivity index (χ4n) is 3.04. The second-order valence-electron chi connectivity index (χ2n) is 7.06. The van der Waals surface area contributed by atoms with Crippen molar-refractivity contribution < 1.29 is 19.2 Å². The monoisotopic (exact) mass is 280 g/mol. The van der Waals surface area contributed by atoms with E-state index >= 15 is 0 Å². The van der Waals surface area contributed by atoms with Crippen molar-refractivity contribution in [2.75, 3.05) is 0 Å². The summed E-state index contributed by atoms with van der Waals surface area (Å²) < 4.78 is 11.9. The van der Waals surface area contributed by atoms with Gasteiger partial charge in [-0.3, -0.25) is 4.79 Å². The lowest BCUT2D eigenvalue weighted by atomic mass is 9.57. The molecule has 0 bridgehead atoms. The highest BCUT2D eigenvalue weighted by molar-refractivity contribution is 6.55. The van der Waals surface area contributed by atoms with Gasteiger partial charge in [0.1, 0.15) is 0 Å². The Morgan fingerprint density at radius 3 is 1.90 bits per heavy atom. The summed E-state index contributed by atoms with van der Waals surface area (Å²) in [6.45, 7) is 11.9. The quantitative estimate of drug-likeness (QED) is 0.806. The van der Waals surface area contributed by atoms with Crippen LogP contribution in [0.4, 0.5) is 0 Å². The zero-order chi connectivity index (χ0) is 15.2. The fraction of sp³-hybridized carbons (Fsp3) is 0.800. The summed E-state index contributed by atoms with van der Waals surface area (Å²) in [4.78, 5) is 11.8. The maximum atomic E-state index is 11.8. The van der Waals surface area contributed by atoms with Crippen LogP contribution in [0.1, 0.15) is 59.8 Å². The van der Waals surface area contributed by atoms with Gasteiger partial charge in [-0.1, -0.05) is 19.3 Å². The molecule has 0 radical (unpaired) electrons. The lowest BCUT2D eigenvalue weighted by molar-refractivity contribution is -0.148. The molecule has 4 nitrogen and oxygen atoms in total. The standard InChI is InChI=1S/C15H25BO4/c1-11(15(12(17)18)9-7-6-8-10-15)16-19-13(2,3)14(4,5)20-16/h1,6-10H2,2-5H3,(H,17,18). The first kappa shape index (κ1) is 15.6. The molecule has 112 valence electrons. The fourth-order valence-corrected chi connectivity index (χ4v) is 3.04. The predicted octanol–water partition coefficient (Wildman–Crippen LogP) is 3.21. The highest BCUT2D eigenvalue weighted by Crippen LogP contribution is 2.47. The molecule has 0 unspecified atom stereocenters. The Kier molecular flexibility index (Phi) is 3.80. The molecule has 1 saturated carbocycles. The molecular formula is C15H25BO4. The molecule has 1 aliphatic heterocycles. The molecule has 1 N–H and O–H groups in total. The Bertz CT molecular complexity index is 406. The topological polar surface area (TPSA) is 55.8 Å². The summed E-state index contributed by atoms with van der Waals surface area (Å²) in [5.74, 6) is -0.795. The van der Waals surface area contributed by atoms with E-state index < -0.39 is 29.7 Å². The summed E-state index contributed by atoms with van der Waals surface area (Å²) >= 11 is 0. The average molecular weight is 280 g/mol. The van der Waals surface area contributed by atoms with Crippen molar-refractivity contribution in [2.24, 2.45) is 5.41 Å². The van der Waals surface area contributed by atoms with E-state index in [-0.39, 0.29) is 0 Å². The first-order valence-electron chi connectivity index (χ1n) is 7.41. The molecule has 1 heterocycles. The van der Waals surface area contributed by atoms with E-state index in [0.717, 1.165) is 19.3 Å². The van der Waals surface area contributed by atoms with Gasteiger partial charge in [-0.05, 0) is 46.0 Å². The van der Waals surface area contributed by atoms with Crippen LogP contribution in [0.5, 0.6) is 0 Å². The highest BCUT2D eigenvalue weighted by Gasteiger charge is 2.57. The minimum atomic E-state index is -0.889. The normalized spacial score (nSPS) is 27.3. The van der Waals surface area contributed by atoms with E-state index in [1.54, 1.807) is 0 Å². The van der Waals surface area contributed by atoms with Crippen LogP contribution in [0.2, 0.25) is 0 Å². The van der Waals surface area contributed by atoms with Crippen molar-refractivity contribution in [3.8, 4) is 0 Å². The number of carbonyl (C=O) groups is 1. The van der Waals surface area contributed by atoms with E-state index in [1.165, 1.54) is 0 Å². The minimum Gasteiger partial charge on any atom is -0.481 e. The zero-order valence-corrected chi connectivity index (χ0v) is 13.0. The molecular weight excluding hydrogens is 255 g/mol. The Balaban J connectivity index is 2.24. The Labute approximate surface area is 121 Å². The maximum absolute atomic E-state index is 11.8. The van der Waals surface area contributed by atoms with Gasteiger partial charge >= 0.3 is 13.1 Å². The van der Waals surface area contributed by atoms with Gasteiger partial charge in [0.25, 0.3) is 0 Å². The third-order valence-corrected chi connectivity index (χ3v) is 5.27. The van der Waals surface area contributed by atoms with Crippen molar-refractivity contribution in [1.29, 1.82) is 0 Å². The molecule has 5 heteroatoms. The second kappa shape index (κ2) is 4.88. The molecule has 0 atom stereocenters. The Morgan fingerprint density at radius 1 is 1.05 bits per heavy atom. The average Bonchev–Trinajstić information content (AvgIpc) is 2.58. The highest BCUT2D eigenvalue weighted by atomic mass is 16.7. The van der Waals surface area contributed by atoms with Crippen molar-refractivity contribution in [3.05, 3.63) is 12.1 Å². The van der Waals surface area contributed by atoms with Crippen molar-refractivity contribution in [3.63, 3.8) is 0 Å². The number of carboxylic acid groups (broad SMARTS) is 1. The molecule has 0 aromatic heterocycles. The molecule has 0 amide bonds. The summed E-state index contributed by atoms with van der Waals surface area (Å²) in [6.07, 6.45) is 4.19. The molecule has 1 saturated heterocycles. The smallest absolute Gasteiger partial charge is 0.481 e. The van der Waals surface area contributed by atoms with Crippen LogP contribution in [-0.2, 0) is 14.1 Å². The van der Waals surface area contributed by atoms with Crippen LogP contribution in [0.25, 0.3) is 0 Å². The van der Waals surface area contributed by atoms with E-state index in [4.69, 9.17) is 9.31 Å². The molecule has 2 rings (SSSR count). The van der Waals surface area contributed by atoms with Gasteiger partial charge in [0.15, 0.2) is 0 Å². The zero-order valence-electron chi connectivity index (χ0n) is 13.0. The molecule has 1 aliphatic carbocycles. The molecule has 0 spiro atoms. The summed E-state index contributed by atoms with van der Waals surface area (Å²) in [6, 6.07) is 0. The van der Waals surface area contributed by atoms with Gasteiger partial charge in [-0.25, -0.2) is 0 Å². The van der Waals surface area contributed by atoms with Gasteiger partial charge in [0, 0.05) is 0 Å². The van der Waals surface area contributed by atoms with Crippen LogP contribution in [0.15, 0.2) is 12.1 Å². The second-order valence-corrected chi connectivity index (χ2v) is 7.06. The number of rotatable bonds is 3. The van der Waals surface area contributed by atoms with Crippen molar-refractivity contribution in [2.45, 2.75) is 71.0 Å². The largest absolute Gasteiger partial charge is 0.491 e. The minimum absolute atomic E-state index is 0.463. The lowest BCUT2D eigenvalue weighted by Crippen LogP contribution is -2.41. The van der Waals surface area contributed by atoms with Gasteiger partial charge in [-0.2, -0.15) is 0 Å². The van der Waals surface area contributed by atoms with E-state index in [1.807, 2.05) is 27.7 Å². The van der Waals surface area contributed by atoms with E-state index in [2.05, 4.69) is 6.58 Å². The molecule has 0 aromatic carbocycles. The number of aliphatic carboxylic acids is 1. The maximum Gasteiger partial charge on any atom is 0.491 e. The molecule has 2 aliphatic rings. The predicted molar refractivity (Wildman–Crippen MR) is 78.4 cm³/mol. The number of carboxylic acids is 1. The molecule has 20 heavy (non-hydrogen) atoms. The van der Waals surface area contributed by atoms with Crippen LogP contribution >= 0.6 is 0 Å². The summed E-state index contributed by atoms with van der Waals surface area (Å²) in [5, 5.41) is 9.71. The third-order valence-electron chi connectivity index (χ3n) is 5.27.